The van der Waals surface area contributed by atoms with Crippen molar-refractivity contribution in [1.82, 2.24) is 0 Å². The fraction of sp³-hybridized carbons (Fsp3) is 0.250. The number of ether oxygens (including phenoxy) is 2. The van der Waals surface area contributed by atoms with Crippen LogP contribution in [0.15, 0.2) is 46.9 Å². The number of benzene rings is 2. The molecule has 0 aromatic heterocycles. The molecule has 0 aliphatic rings. The van der Waals surface area contributed by atoms with Crippen molar-refractivity contribution in [3.63, 3.8) is 0 Å². The first kappa shape index (κ1) is 16.1. The van der Waals surface area contributed by atoms with Gasteiger partial charge in [0, 0.05) is 28.8 Å². The molecule has 0 fully saturated rings. The molecule has 0 aliphatic carbocycles. The monoisotopic (exact) mass is 369 g/mol. The van der Waals surface area contributed by atoms with Crippen LogP contribution in [0.4, 0.5) is 5.69 Å². The van der Waals surface area contributed by atoms with E-state index < -0.39 is 0 Å². The zero-order valence-electron chi connectivity index (χ0n) is 11.7. The van der Waals surface area contributed by atoms with E-state index in [4.69, 9.17) is 21.1 Å². The van der Waals surface area contributed by atoms with Crippen LogP contribution in [-0.2, 0) is 11.3 Å². The van der Waals surface area contributed by atoms with Gasteiger partial charge in [0.25, 0.3) is 0 Å². The van der Waals surface area contributed by atoms with Crippen LogP contribution in [0.3, 0.4) is 0 Å². The van der Waals surface area contributed by atoms with Crippen molar-refractivity contribution in [1.29, 1.82) is 0 Å². The number of methoxy groups -OCH3 is 1. The van der Waals surface area contributed by atoms with Gasteiger partial charge in [0.05, 0.1) is 6.61 Å². The third-order valence-electron chi connectivity index (χ3n) is 2.90. The highest BCUT2D eigenvalue weighted by atomic mass is 79.9. The number of anilines is 1. The van der Waals surface area contributed by atoms with E-state index >= 15 is 0 Å². The summed E-state index contributed by atoms with van der Waals surface area (Å²) in [5.74, 6) is 0.832. The van der Waals surface area contributed by atoms with Crippen LogP contribution in [0.1, 0.15) is 5.56 Å². The summed E-state index contributed by atoms with van der Waals surface area (Å²) in [5, 5.41) is 4.09. The van der Waals surface area contributed by atoms with E-state index in [1.807, 2.05) is 42.5 Å². The van der Waals surface area contributed by atoms with Crippen LogP contribution in [0.5, 0.6) is 5.75 Å². The Bertz CT molecular complexity index is 575. The van der Waals surface area contributed by atoms with Crippen LogP contribution >= 0.6 is 27.5 Å². The van der Waals surface area contributed by atoms with Gasteiger partial charge in [-0.15, -0.1) is 0 Å². The van der Waals surface area contributed by atoms with E-state index in [2.05, 4.69) is 21.2 Å². The molecule has 2 rings (SSSR count). The molecule has 5 heteroatoms. The maximum atomic E-state index is 6.17. The van der Waals surface area contributed by atoms with Gasteiger partial charge in [-0.25, -0.2) is 0 Å². The maximum Gasteiger partial charge on any atom is 0.119 e. The summed E-state index contributed by atoms with van der Waals surface area (Å²) in [6.45, 7) is 1.81. The largest absolute Gasteiger partial charge is 0.491 e. The molecule has 0 saturated carbocycles. The van der Waals surface area contributed by atoms with Crippen molar-refractivity contribution in [2.24, 2.45) is 0 Å². The fourth-order valence-corrected chi connectivity index (χ4v) is 2.38. The second-order valence-electron chi connectivity index (χ2n) is 4.45. The standard InChI is InChI=1S/C16H17BrClNO2/c1-20-8-9-21-15-5-3-14(4-6-15)19-11-12-10-13(17)2-7-16(12)18/h2-7,10,19H,8-9,11H2,1H3. The van der Waals surface area contributed by atoms with Crippen molar-refractivity contribution in [3.05, 3.63) is 57.5 Å². The number of nitrogens with one attached hydrogen (secondary N) is 1. The molecule has 0 saturated heterocycles. The van der Waals surface area contributed by atoms with Crippen molar-refractivity contribution < 1.29 is 9.47 Å². The smallest absolute Gasteiger partial charge is 0.119 e. The molecule has 0 aliphatic heterocycles. The van der Waals surface area contributed by atoms with Crippen LogP contribution in [-0.4, -0.2) is 20.3 Å². The van der Waals surface area contributed by atoms with Gasteiger partial charge in [0.15, 0.2) is 0 Å². The summed E-state index contributed by atoms with van der Waals surface area (Å²) in [6.07, 6.45) is 0. The molecule has 0 unspecified atom stereocenters. The lowest BCUT2D eigenvalue weighted by atomic mass is 10.2. The number of hydrogen-bond acceptors (Lipinski definition) is 3. The number of rotatable bonds is 7. The summed E-state index contributed by atoms with van der Waals surface area (Å²) >= 11 is 9.61. The second kappa shape index (κ2) is 8.27. The molecule has 0 bridgehead atoms. The Morgan fingerprint density at radius 2 is 1.86 bits per heavy atom. The molecule has 21 heavy (non-hydrogen) atoms. The fourth-order valence-electron chi connectivity index (χ4n) is 1.79. The zero-order valence-corrected chi connectivity index (χ0v) is 14.1. The normalized spacial score (nSPS) is 10.4. The van der Waals surface area contributed by atoms with E-state index in [0.717, 1.165) is 26.5 Å². The van der Waals surface area contributed by atoms with Gasteiger partial charge in [-0.1, -0.05) is 27.5 Å². The molecule has 2 aromatic carbocycles. The minimum Gasteiger partial charge on any atom is -0.491 e. The van der Waals surface area contributed by atoms with E-state index in [-0.39, 0.29) is 0 Å². The zero-order chi connectivity index (χ0) is 15.1. The van der Waals surface area contributed by atoms with Crippen molar-refractivity contribution in [2.75, 3.05) is 25.6 Å². The molecule has 0 radical (unpaired) electrons. The predicted molar refractivity (Wildman–Crippen MR) is 90.3 cm³/mol. The SMILES string of the molecule is COCCOc1ccc(NCc2cc(Br)ccc2Cl)cc1. The van der Waals surface area contributed by atoms with Crippen molar-refractivity contribution >= 4 is 33.2 Å². The molecule has 3 nitrogen and oxygen atoms in total. The van der Waals surface area contributed by atoms with Gasteiger partial charge >= 0.3 is 0 Å². The Kier molecular flexibility index (Phi) is 6.36. The van der Waals surface area contributed by atoms with Gasteiger partial charge in [0.2, 0.25) is 0 Å². The lowest BCUT2D eigenvalue weighted by molar-refractivity contribution is 0.146. The van der Waals surface area contributed by atoms with Gasteiger partial charge in [-0.2, -0.15) is 0 Å². The average molecular weight is 371 g/mol. The second-order valence-corrected chi connectivity index (χ2v) is 5.78. The lowest BCUT2D eigenvalue weighted by Gasteiger charge is -2.10. The average Bonchev–Trinajstić information content (AvgIpc) is 2.50. The third kappa shape index (κ3) is 5.23. The highest BCUT2D eigenvalue weighted by Crippen LogP contribution is 2.22. The molecule has 112 valence electrons. The van der Waals surface area contributed by atoms with Crippen LogP contribution in [0, 0.1) is 0 Å². The van der Waals surface area contributed by atoms with Crippen molar-refractivity contribution in [3.8, 4) is 5.75 Å². The molecule has 0 spiro atoms. The summed E-state index contributed by atoms with van der Waals surface area (Å²) in [5.41, 5.74) is 2.07. The van der Waals surface area contributed by atoms with Gasteiger partial charge in [0.1, 0.15) is 12.4 Å². The Morgan fingerprint density at radius 3 is 2.57 bits per heavy atom. The van der Waals surface area contributed by atoms with E-state index in [1.165, 1.54) is 0 Å². The number of hydrogen-bond donors (Lipinski definition) is 1. The topological polar surface area (TPSA) is 30.5 Å². The number of halogens is 2. The molecule has 1 N–H and O–H groups in total. The molecular weight excluding hydrogens is 354 g/mol. The quantitative estimate of drug-likeness (QED) is 0.714. The minimum atomic E-state index is 0.553. The summed E-state index contributed by atoms with van der Waals surface area (Å²) < 4.78 is 11.5. The predicted octanol–water partition coefficient (Wildman–Crippen LogP) is 4.74. The van der Waals surface area contributed by atoms with Gasteiger partial charge in [-0.05, 0) is 48.0 Å². The molecule has 2 aromatic rings. The van der Waals surface area contributed by atoms with Gasteiger partial charge in [-0.3, -0.25) is 0 Å². The molecular formula is C16H17BrClNO2. The van der Waals surface area contributed by atoms with E-state index in [1.54, 1.807) is 7.11 Å². The Hall–Kier alpha value is -1.23. The van der Waals surface area contributed by atoms with E-state index in [0.29, 0.717) is 19.8 Å². The first-order chi connectivity index (χ1) is 10.2. The lowest BCUT2D eigenvalue weighted by Crippen LogP contribution is -2.04. The maximum absolute atomic E-state index is 6.17. The molecule has 0 heterocycles. The van der Waals surface area contributed by atoms with Crippen molar-refractivity contribution in [2.45, 2.75) is 6.54 Å². The van der Waals surface area contributed by atoms with Gasteiger partial charge < -0.3 is 14.8 Å². The Morgan fingerprint density at radius 1 is 1.10 bits per heavy atom. The first-order valence-electron chi connectivity index (χ1n) is 6.58. The summed E-state index contributed by atoms with van der Waals surface area (Å²) in [6, 6.07) is 13.6. The van der Waals surface area contributed by atoms with Crippen LogP contribution in [0.25, 0.3) is 0 Å². The highest BCUT2D eigenvalue weighted by Gasteiger charge is 2.01. The third-order valence-corrected chi connectivity index (χ3v) is 3.76. The first-order valence-corrected chi connectivity index (χ1v) is 7.76. The Labute approximate surface area is 138 Å². The van der Waals surface area contributed by atoms with Crippen LogP contribution in [0.2, 0.25) is 5.02 Å². The van der Waals surface area contributed by atoms with E-state index in [9.17, 15) is 0 Å². The molecule has 0 atom stereocenters. The summed E-state index contributed by atoms with van der Waals surface area (Å²) in [4.78, 5) is 0. The Balaban J connectivity index is 1.90. The molecule has 0 amide bonds. The minimum absolute atomic E-state index is 0.553. The van der Waals surface area contributed by atoms with Crippen LogP contribution < -0.4 is 10.1 Å². The summed E-state index contributed by atoms with van der Waals surface area (Å²) in [7, 11) is 1.66. The highest BCUT2D eigenvalue weighted by molar-refractivity contribution is 9.10.